The zero-order valence-corrected chi connectivity index (χ0v) is 17.0. The number of nitrogens with zero attached hydrogens (tertiary/aromatic N) is 1. The molecule has 1 unspecified atom stereocenters. The molecular weight excluding hydrogens is 380 g/mol. The summed E-state index contributed by atoms with van der Waals surface area (Å²) in [4.78, 5) is 2.04. The minimum atomic E-state index is -0.456. The van der Waals surface area contributed by atoms with Gasteiger partial charge in [-0.1, -0.05) is 6.07 Å². The average Bonchev–Trinajstić information content (AvgIpc) is 3.23. The molecule has 0 bridgehead atoms. The van der Waals surface area contributed by atoms with Crippen molar-refractivity contribution in [3.63, 3.8) is 0 Å². The molecule has 0 radical (unpaired) electrons. The molecule has 0 aromatic heterocycles. The van der Waals surface area contributed by atoms with Crippen molar-refractivity contribution < 1.29 is 27.7 Å². The van der Waals surface area contributed by atoms with E-state index in [0.717, 1.165) is 37.1 Å². The Hall–Kier alpha value is -2.38. The highest BCUT2D eigenvalue weighted by Gasteiger charge is 2.23. The summed E-state index contributed by atoms with van der Waals surface area (Å²) in [6.45, 7) is 2.04. The zero-order valence-electron chi connectivity index (χ0n) is 17.0. The van der Waals surface area contributed by atoms with Crippen LogP contribution >= 0.6 is 0 Å². The van der Waals surface area contributed by atoms with E-state index in [2.05, 4.69) is 0 Å². The van der Waals surface area contributed by atoms with Gasteiger partial charge in [-0.3, -0.25) is 4.90 Å². The SMILES string of the molecule is COc1ccc(CN(Cc2cc(F)ccc2F)CC2CCCO2)c(OC)c1OC. The predicted molar refractivity (Wildman–Crippen MR) is 106 cm³/mol. The number of rotatable bonds is 9. The van der Waals surface area contributed by atoms with Crippen molar-refractivity contribution in [3.05, 3.63) is 53.1 Å². The Morgan fingerprint density at radius 1 is 0.966 bits per heavy atom. The Labute approximate surface area is 170 Å². The van der Waals surface area contributed by atoms with Gasteiger partial charge >= 0.3 is 0 Å². The molecule has 0 aliphatic carbocycles. The van der Waals surface area contributed by atoms with Crippen LogP contribution in [-0.2, 0) is 17.8 Å². The summed E-state index contributed by atoms with van der Waals surface area (Å²) in [6, 6.07) is 7.23. The lowest BCUT2D eigenvalue weighted by Crippen LogP contribution is -2.32. The molecule has 1 saturated heterocycles. The monoisotopic (exact) mass is 407 g/mol. The quantitative estimate of drug-likeness (QED) is 0.624. The Morgan fingerprint density at radius 3 is 2.38 bits per heavy atom. The average molecular weight is 407 g/mol. The van der Waals surface area contributed by atoms with Crippen LogP contribution in [0.1, 0.15) is 24.0 Å². The molecule has 158 valence electrons. The fraction of sp³-hybridized carbons (Fsp3) is 0.455. The van der Waals surface area contributed by atoms with E-state index in [0.29, 0.717) is 35.9 Å². The molecule has 2 aromatic rings. The van der Waals surface area contributed by atoms with Crippen molar-refractivity contribution in [2.24, 2.45) is 0 Å². The summed E-state index contributed by atoms with van der Waals surface area (Å²) >= 11 is 0. The molecule has 1 fully saturated rings. The zero-order chi connectivity index (χ0) is 20.8. The van der Waals surface area contributed by atoms with E-state index < -0.39 is 11.6 Å². The van der Waals surface area contributed by atoms with Crippen molar-refractivity contribution in [2.45, 2.75) is 32.0 Å². The molecule has 0 amide bonds. The highest BCUT2D eigenvalue weighted by molar-refractivity contribution is 5.55. The molecule has 29 heavy (non-hydrogen) atoms. The number of ether oxygens (including phenoxy) is 4. The second-order valence-corrected chi connectivity index (χ2v) is 7.03. The number of hydrogen-bond donors (Lipinski definition) is 0. The summed E-state index contributed by atoms with van der Waals surface area (Å²) in [5.74, 6) is 0.741. The largest absolute Gasteiger partial charge is 0.493 e. The van der Waals surface area contributed by atoms with Gasteiger partial charge in [0.1, 0.15) is 11.6 Å². The second-order valence-electron chi connectivity index (χ2n) is 7.03. The fourth-order valence-electron chi connectivity index (χ4n) is 3.70. The summed E-state index contributed by atoms with van der Waals surface area (Å²) in [6.07, 6.45) is 2.02. The van der Waals surface area contributed by atoms with E-state index in [-0.39, 0.29) is 12.6 Å². The van der Waals surface area contributed by atoms with Gasteiger partial charge in [0.15, 0.2) is 11.5 Å². The minimum absolute atomic E-state index is 0.0674. The predicted octanol–water partition coefficient (Wildman–Crippen LogP) is 4.17. The first-order valence-electron chi connectivity index (χ1n) is 9.61. The number of methoxy groups -OCH3 is 3. The second kappa shape index (κ2) is 9.89. The van der Waals surface area contributed by atoms with Crippen LogP contribution in [0.25, 0.3) is 0 Å². The van der Waals surface area contributed by atoms with Crippen LogP contribution < -0.4 is 14.2 Å². The maximum atomic E-state index is 14.3. The molecule has 1 aliphatic heterocycles. The molecule has 2 aromatic carbocycles. The topological polar surface area (TPSA) is 40.2 Å². The van der Waals surface area contributed by atoms with Gasteiger partial charge in [0.2, 0.25) is 5.75 Å². The molecule has 1 atom stereocenters. The molecule has 5 nitrogen and oxygen atoms in total. The lowest BCUT2D eigenvalue weighted by molar-refractivity contribution is 0.0671. The van der Waals surface area contributed by atoms with E-state index in [9.17, 15) is 8.78 Å². The Balaban J connectivity index is 1.89. The van der Waals surface area contributed by atoms with Crippen molar-refractivity contribution in [2.75, 3.05) is 34.5 Å². The van der Waals surface area contributed by atoms with E-state index in [1.165, 1.54) is 6.07 Å². The highest BCUT2D eigenvalue weighted by atomic mass is 19.1. The van der Waals surface area contributed by atoms with Gasteiger partial charge in [-0.05, 0) is 37.1 Å². The minimum Gasteiger partial charge on any atom is -0.493 e. The van der Waals surface area contributed by atoms with Crippen molar-refractivity contribution >= 4 is 0 Å². The number of benzene rings is 2. The lowest BCUT2D eigenvalue weighted by atomic mass is 10.1. The third-order valence-electron chi connectivity index (χ3n) is 5.07. The Morgan fingerprint density at radius 2 is 1.72 bits per heavy atom. The van der Waals surface area contributed by atoms with Crippen LogP contribution in [0, 0.1) is 11.6 Å². The van der Waals surface area contributed by atoms with Gasteiger partial charge in [0.25, 0.3) is 0 Å². The van der Waals surface area contributed by atoms with Gasteiger partial charge in [0, 0.05) is 37.4 Å². The van der Waals surface area contributed by atoms with Crippen LogP contribution in [0.2, 0.25) is 0 Å². The van der Waals surface area contributed by atoms with E-state index >= 15 is 0 Å². The van der Waals surface area contributed by atoms with Crippen LogP contribution in [-0.4, -0.2) is 45.5 Å². The van der Waals surface area contributed by atoms with Crippen LogP contribution in [0.3, 0.4) is 0 Å². The standard InChI is InChI=1S/C22H27F2NO4/c1-26-20-9-6-15(21(27-2)22(20)28-3)12-25(14-18-5-4-10-29-18)13-16-11-17(23)7-8-19(16)24/h6-9,11,18H,4-5,10,12-14H2,1-3H3. The number of hydrogen-bond acceptors (Lipinski definition) is 5. The molecular formula is C22H27F2NO4. The molecule has 0 saturated carbocycles. The fourth-order valence-corrected chi connectivity index (χ4v) is 3.70. The van der Waals surface area contributed by atoms with E-state index in [4.69, 9.17) is 18.9 Å². The Kier molecular flexibility index (Phi) is 7.28. The van der Waals surface area contributed by atoms with Gasteiger partial charge < -0.3 is 18.9 Å². The maximum absolute atomic E-state index is 14.3. The summed E-state index contributed by atoms with van der Waals surface area (Å²) in [7, 11) is 4.68. The van der Waals surface area contributed by atoms with Crippen LogP contribution in [0.5, 0.6) is 17.2 Å². The normalized spacial score (nSPS) is 16.3. The lowest BCUT2D eigenvalue weighted by Gasteiger charge is -2.27. The number of halogens is 2. The first kappa shape index (κ1) is 21.3. The maximum Gasteiger partial charge on any atom is 0.203 e. The molecule has 3 rings (SSSR count). The highest BCUT2D eigenvalue weighted by Crippen LogP contribution is 2.40. The first-order valence-corrected chi connectivity index (χ1v) is 9.61. The van der Waals surface area contributed by atoms with Gasteiger partial charge in [-0.2, -0.15) is 0 Å². The van der Waals surface area contributed by atoms with Crippen LogP contribution in [0.4, 0.5) is 8.78 Å². The van der Waals surface area contributed by atoms with Crippen LogP contribution in [0.15, 0.2) is 30.3 Å². The molecule has 1 heterocycles. The van der Waals surface area contributed by atoms with E-state index in [1.54, 1.807) is 21.3 Å². The van der Waals surface area contributed by atoms with Gasteiger partial charge in [-0.15, -0.1) is 0 Å². The van der Waals surface area contributed by atoms with Crippen molar-refractivity contribution in [1.82, 2.24) is 4.90 Å². The summed E-state index contributed by atoms with van der Waals surface area (Å²) in [5, 5.41) is 0. The smallest absolute Gasteiger partial charge is 0.203 e. The summed E-state index contributed by atoms with van der Waals surface area (Å²) < 4.78 is 50.1. The Bertz CT molecular complexity index is 825. The molecule has 0 spiro atoms. The third kappa shape index (κ3) is 5.16. The molecule has 7 heteroatoms. The van der Waals surface area contributed by atoms with Gasteiger partial charge in [0.05, 0.1) is 27.4 Å². The summed E-state index contributed by atoms with van der Waals surface area (Å²) in [5.41, 5.74) is 1.17. The molecule has 0 N–H and O–H groups in total. The third-order valence-corrected chi connectivity index (χ3v) is 5.07. The van der Waals surface area contributed by atoms with E-state index in [1.807, 2.05) is 17.0 Å². The van der Waals surface area contributed by atoms with Crippen molar-refractivity contribution in [1.29, 1.82) is 0 Å². The van der Waals surface area contributed by atoms with Gasteiger partial charge in [-0.25, -0.2) is 8.78 Å². The first-order chi connectivity index (χ1) is 14.0. The molecule has 1 aliphatic rings. The van der Waals surface area contributed by atoms with Crippen molar-refractivity contribution in [3.8, 4) is 17.2 Å².